The highest BCUT2D eigenvalue weighted by molar-refractivity contribution is 4.88. The van der Waals surface area contributed by atoms with Gasteiger partial charge in [-0.05, 0) is 50.6 Å². The number of likely N-dealkylation sites (tertiary alicyclic amines) is 1. The van der Waals surface area contributed by atoms with E-state index >= 15 is 0 Å². The molecule has 0 aromatic carbocycles. The Bertz CT molecular complexity index is 175. The van der Waals surface area contributed by atoms with Crippen molar-refractivity contribution in [3.8, 4) is 0 Å². The highest BCUT2D eigenvalue weighted by atomic mass is 15.2. The smallest absolute Gasteiger partial charge is 0.00483 e. The first-order valence-electron chi connectivity index (χ1n) is 6.63. The van der Waals surface area contributed by atoms with Crippen LogP contribution in [0.5, 0.6) is 0 Å². The van der Waals surface area contributed by atoms with Crippen molar-refractivity contribution in [3.05, 3.63) is 0 Å². The summed E-state index contributed by atoms with van der Waals surface area (Å²) < 4.78 is 0. The van der Waals surface area contributed by atoms with Crippen LogP contribution in [-0.2, 0) is 0 Å². The molecule has 1 heterocycles. The molecule has 2 N–H and O–H groups in total. The molecule has 0 amide bonds. The minimum absolute atomic E-state index is 0.406. The molecular weight excluding hydrogens is 184 g/mol. The van der Waals surface area contributed by atoms with Gasteiger partial charge in [-0.3, -0.25) is 0 Å². The summed E-state index contributed by atoms with van der Waals surface area (Å²) >= 11 is 0. The second kappa shape index (κ2) is 5.86. The van der Waals surface area contributed by atoms with Crippen molar-refractivity contribution >= 4 is 0 Å². The van der Waals surface area contributed by atoms with Gasteiger partial charge in [0.2, 0.25) is 0 Å². The molecule has 2 nitrogen and oxygen atoms in total. The number of hydrogen-bond donors (Lipinski definition) is 1. The number of nitrogens with two attached hydrogens (primary N) is 1. The highest BCUT2D eigenvalue weighted by Gasteiger charge is 2.34. The van der Waals surface area contributed by atoms with Crippen molar-refractivity contribution in [1.82, 2.24) is 4.90 Å². The summed E-state index contributed by atoms with van der Waals surface area (Å²) in [5.74, 6) is 0. The molecule has 0 saturated carbocycles. The lowest BCUT2D eigenvalue weighted by atomic mass is 9.82. The van der Waals surface area contributed by atoms with Gasteiger partial charge in [-0.25, -0.2) is 0 Å². The van der Waals surface area contributed by atoms with Gasteiger partial charge in [-0.15, -0.1) is 0 Å². The van der Waals surface area contributed by atoms with Crippen LogP contribution in [0.1, 0.15) is 52.9 Å². The molecule has 0 aromatic rings. The summed E-state index contributed by atoms with van der Waals surface area (Å²) in [6, 6.07) is 0.406. The maximum Gasteiger partial charge on any atom is 0.00483 e. The monoisotopic (exact) mass is 212 g/mol. The van der Waals surface area contributed by atoms with Crippen LogP contribution in [0.15, 0.2) is 0 Å². The molecule has 1 saturated heterocycles. The molecule has 0 spiro atoms. The van der Waals surface area contributed by atoms with E-state index in [0.29, 0.717) is 11.5 Å². The molecule has 2 heteroatoms. The van der Waals surface area contributed by atoms with Gasteiger partial charge in [0.05, 0.1) is 0 Å². The van der Waals surface area contributed by atoms with Crippen LogP contribution in [0.4, 0.5) is 0 Å². The Morgan fingerprint density at radius 2 is 1.93 bits per heavy atom. The van der Waals surface area contributed by atoms with Crippen molar-refractivity contribution in [1.29, 1.82) is 0 Å². The van der Waals surface area contributed by atoms with E-state index in [1.165, 1.54) is 45.3 Å². The van der Waals surface area contributed by atoms with Crippen molar-refractivity contribution in [2.24, 2.45) is 11.1 Å². The summed E-state index contributed by atoms with van der Waals surface area (Å²) in [6.07, 6.45) is 6.33. The van der Waals surface area contributed by atoms with Gasteiger partial charge in [-0.2, -0.15) is 0 Å². The van der Waals surface area contributed by atoms with Crippen LogP contribution in [0, 0.1) is 5.41 Å². The van der Waals surface area contributed by atoms with Crippen molar-refractivity contribution in [2.75, 3.05) is 19.6 Å². The fourth-order valence-corrected chi connectivity index (χ4v) is 2.60. The Labute approximate surface area is 95.2 Å². The van der Waals surface area contributed by atoms with E-state index in [0.717, 1.165) is 6.42 Å². The fourth-order valence-electron chi connectivity index (χ4n) is 2.60. The predicted octanol–water partition coefficient (Wildman–Crippen LogP) is 2.63. The lowest BCUT2D eigenvalue weighted by Crippen LogP contribution is -2.31. The molecule has 0 aliphatic carbocycles. The lowest BCUT2D eigenvalue weighted by Gasteiger charge is -2.26. The second-order valence-corrected chi connectivity index (χ2v) is 5.19. The molecular formula is C13H28N2. The quantitative estimate of drug-likeness (QED) is 0.733. The van der Waals surface area contributed by atoms with Gasteiger partial charge in [0.15, 0.2) is 0 Å². The molecule has 0 radical (unpaired) electrons. The number of hydrogen-bond acceptors (Lipinski definition) is 2. The third-order valence-electron chi connectivity index (χ3n) is 4.36. The highest BCUT2D eigenvalue weighted by Crippen LogP contribution is 2.36. The van der Waals surface area contributed by atoms with Crippen LogP contribution in [0.25, 0.3) is 0 Å². The average Bonchev–Trinajstić information content (AvgIpc) is 2.70. The van der Waals surface area contributed by atoms with Gasteiger partial charge < -0.3 is 10.6 Å². The normalized spacial score (nSPS) is 23.2. The zero-order valence-corrected chi connectivity index (χ0v) is 10.8. The Hall–Kier alpha value is -0.0800. The van der Waals surface area contributed by atoms with Crippen LogP contribution in [0.3, 0.4) is 0 Å². The molecule has 1 rings (SSSR count). The molecule has 0 bridgehead atoms. The molecule has 0 aromatic heterocycles. The SMILES string of the molecule is CCC(N)CCN1CCC(CC)(CC)C1. The zero-order chi connectivity index (χ0) is 11.3. The third-order valence-corrected chi connectivity index (χ3v) is 4.36. The summed E-state index contributed by atoms with van der Waals surface area (Å²) in [5.41, 5.74) is 6.58. The van der Waals surface area contributed by atoms with Crippen molar-refractivity contribution in [3.63, 3.8) is 0 Å². The van der Waals surface area contributed by atoms with E-state index < -0.39 is 0 Å². The van der Waals surface area contributed by atoms with E-state index in [2.05, 4.69) is 25.7 Å². The van der Waals surface area contributed by atoms with Gasteiger partial charge in [0, 0.05) is 12.6 Å². The number of rotatable bonds is 6. The lowest BCUT2D eigenvalue weighted by molar-refractivity contribution is 0.235. The number of nitrogens with zero attached hydrogens (tertiary/aromatic N) is 1. The standard InChI is InChI=1S/C13H28N2/c1-4-12(14)7-9-15-10-8-13(5-2,6-3)11-15/h12H,4-11,14H2,1-3H3. The molecule has 1 aliphatic rings. The van der Waals surface area contributed by atoms with Crippen molar-refractivity contribution < 1.29 is 0 Å². The van der Waals surface area contributed by atoms with Gasteiger partial charge in [-0.1, -0.05) is 20.8 Å². The molecule has 1 aliphatic heterocycles. The summed E-state index contributed by atoms with van der Waals surface area (Å²) in [7, 11) is 0. The maximum absolute atomic E-state index is 5.96. The summed E-state index contributed by atoms with van der Waals surface area (Å²) in [6.45, 7) is 10.7. The molecule has 1 fully saturated rings. The van der Waals surface area contributed by atoms with Gasteiger partial charge in [0.1, 0.15) is 0 Å². The first-order valence-corrected chi connectivity index (χ1v) is 6.63. The van der Waals surface area contributed by atoms with Crippen LogP contribution >= 0.6 is 0 Å². The van der Waals surface area contributed by atoms with Crippen LogP contribution in [0.2, 0.25) is 0 Å². The third kappa shape index (κ3) is 3.46. The maximum atomic E-state index is 5.96. The topological polar surface area (TPSA) is 29.3 Å². The Morgan fingerprint density at radius 3 is 2.40 bits per heavy atom. The van der Waals surface area contributed by atoms with E-state index in [-0.39, 0.29) is 0 Å². The largest absolute Gasteiger partial charge is 0.328 e. The minimum Gasteiger partial charge on any atom is -0.328 e. The van der Waals surface area contributed by atoms with Gasteiger partial charge in [0.25, 0.3) is 0 Å². The van der Waals surface area contributed by atoms with E-state index in [1.807, 2.05) is 0 Å². The molecule has 90 valence electrons. The Balaban J connectivity index is 2.30. The van der Waals surface area contributed by atoms with Gasteiger partial charge >= 0.3 is 0 Å². The van der Waals surface area contributed by atoms with Crippen LogP contribution in [-0.4, -0.2) is 30.6 Å². The predicted molar refractivity (Wildman–Crippen MR) is 67.0 cm³/mol. The Morgan fingerprint density at radius 1 is 1.27 bits per heavy atom. The minimum atomic E-state index is 0.406. The second-order valence-electron chi connectivity index (χ2n) is 5.19. The van der Waals surface area contributed by atoms with Crippen molar-refractivity contribution in [2.45, 2.75) is 58.9 Å². The van der Waals surface area contributed by atoms with E-state index in [1.54, 1.807) is 0 Å². The molecule has 1 unspecified atom stereocenters. The first kappa shape index (κ1) is 13.0. The first-order chi connectivity index (χ1) is 7.15. The average molecular weight is 212 g/mol. The van der Waals surface area contributed by atoms with E-state index in [9.17, 15) is 0 Å². The molecule has 15 heavy (non-hydrogen) atoms. The molecule has 1 atom stereocenters. The zero-order valence-electron chi connectivity index (χ0n) is 10.8. The van der Waals surface area contributed by atoms with Crippen LogP contribution < -0.4 is 5.73 Å². The summed E-state index contributed by atoms with van der Waals surface area (Å²) in [4.78, 5) is 2.61. The van der Waals surface area contributed by atoms with E-state index in [4.69, 9.17) is 5.73 Å². The summed E-state index contributed by atoms with van der Waals surface area (Å²) in [5, 5.41) is 0. The Kier molecular flexibility index (Phi) is 5.07. The fraction of sp³-hybridized carbons (Fsp3) is 1.00.